The van der Waals surface area contributed by atoms with Gasteiger partial charge in [0.05, 0.1) is 0 Å². The fourth-order valence-corrected chi connectivity index (χ4v) is 3.09. The van der Waals surface area contributed by atoms with Crippen molar-refractivity contribution in [1.82, 2.24) is 15.2 Å². The zero-order chi connectivity index (χ0) is 17.9. The van der Waals surface area contributed by atoms with Crippen LogP contribution in [0.15, 0.2) is 72.8 Å². The van der Waals surface area contributed by atoms with Gasteiger partial charge in [-0.15, -0.1) is 0 Å². The van der Waals surface area contributed by atoms with Gasteiger partial charge in [0.15, 0.2) is 11.6 Å². The van der Waals surface area contributed by atoms with Gasteiger partial charge in [-0.1, -0.05) is 66.7 Å². The summed E-state index contributed by atoms with van der Waals surface area (Å²) in [6.45, 7) is 2.09. The van der Waals surface area contributed by atoms with Gasteiger partial charge in [-0.2, -0.15) is 5.10 Å². The van der Waals surface area contributed by atoms with Gasteiger partial charge in [-0.25, -0.2) is 4.98 Å². The Hall–Kier alpha value is -3.53. The Kier molecular flexibility index (Phi) is 4.15. The van der Waals surface area contributed by atoms with Crippen molar-refractivity contribution in [3.05, 3.63) is 83.9 Å². The minimum atomic E-state index is 0.577. The molecule has 1 N–H and O–H groups in total. The Balaban J connectivity index is 1.75. The molecule has 4 nitrogen and oxygen atoms in total. The van der Waals surface area contributed by atoms with Crippen LogP contribution in [-0.2, 0) is 0 Å². The van der Waals surface area contributed by atoms with Gasteiger partial charge in [-0.3, -0.25) is 9.89 Å². The fourth-order valence-electron chi connectivity index (χ4n) is 3.09. The third kappa shape index (κ3) is 2.93. The summed E-state index contributed by atoms with van der Waals surface area (Å²) in [4.78, 5) is 15.6. The summed E-state index contributed by atoms with van der Waals surface area (Å²) in [5, 5.41) is 7.36. The van der Waals surface area contributed by atoms with Gasteiger partial charge < -0.3 is 0 Å². The molecule has 0 bridgehead atoms. The van der Waals surface area contributed by atoms with Gasteiger partial charge >= 0.3 is 0 Å². The minimum absolute atomic E-state index is 0.577. The molecule has 0 saturated heterocycles. The summed E-state index contributed by atoms with van der Waals surface area (Å²) in [5.41, 5.74) is 5.92. The molecule has 0 fully saturated rings. The molecule has 1 aromatic heterocycles. The molecule has 0 saturated carbocycles. The largest absolute Gasteiger partial charge is 0.298 e. The lowest BCUT2D eigenvalue weighted by atomic mass is 9.96. The molecule has 126 valence electrons. The number of H-pyrrole nitrogens is 1. The molecule has 0 spiro atoms. The van der Waals surface area contributed by atoms with Crippen LogP contribution in [0.25, 0.3) is 33.9 Å². The normalized spacial score (nSPS) is 10.7. The number of hydrogen-bond donors (Lipinski definition) is 1. The third-order valence-corrected chi connectivity index (χ3v) is 4.44. The summed E-state index contributed by atoms with van der Waals surface area (Å²) in [6, 6.07) is 23.7. The molecule has 0 amide bonds. The van der Waals surface area contributed by atoms with Crippen molar-refractivity contribution in [2.24, 2.45) is 0 Å². The summed E-state index contributed by atoms with van der Waals surface area (Å²) < 4.78 is 0. The van der Waals surface area contributed by atoms with Crippen LogP contribution in [0.1, 0.15) is 15.9 Å². The second-order valence-corrected chi connectivity index (χ2v) is 6.10. The molecule has 0 aliphatic carbocycles. The Labute approximate surface area is 151 Å². The number of hydrogen-bond acceptors (Lipinski definition) is 3. The lowest BCUT2D eigenvalue weighted by molar-refractivity contribution is 0.112. The van der Waals surface area contributed by atoms with Crippen molar-refractivity contribution in [2.45, 2.75) is 6.92 Å². The highest BCUT2D eigenvalue weighted by Crippen LogP contribution is 2.30. The summed E-state index contributed by atoms with van der Waals surface area (Å²) >= 11 is 0. The molecule has 4 rings (SSSR count). The average molecular weight is 339 g/mol. The van der Waals surface area contributed by atoms with Crippen molar-refractivity contribution in [2.75, 3.05) is 0 Å². The van der Waals surface area contributed by atoms with Crippen molar-refractivity contribution >= 4 is 6.29 Å². The predicted molar refractivity (Wildman–Crippen MR) is 103 cm³/mol. The first kappa shape index (κ1) is 16.0. The molecular formula is C22H17N3O. The van der Waals surface area contributed by atoms with Crippen LogP contribution in [-0.4, -0.2) is 21.5 Å². The van der Waals surface area contributed by atoms with E-state index in [0.717, 1.165) is 23.0 Å². The van der Waals surface area contributed by atoms with E-state index in [9.17, 15) is 4.79 Å². The van der Waals surface area contributed by atoms with Gasteiger partial charge in [-0.05, 0) is 29.7 Å². The Morgan fingerprint density at radius 1 is 0.846 bits per heavy atom. The molecule has 0 unspecified atom stereocenters. The number of aldehydes is 1. The topological polar surface area (TPSA) is 58.6 Å². The van der Waals surface area contributed by atoms with E-state index in [4.69, 9.17) is 0 Å². The molecule has 4 aromatic rings. The molecular weight excluding hydrogens is 322 g/mol. The van der Waals surface area contributed by atoms with Gasteiger partial charge in [0.25, 0.3) is 0 Å². The lowest BCUT2D eigenvalue weighted by Crippen LogP contribution is -1.90. The van der Waals surface area contributed by atoms with Crippen molar-refractivity contribution < 1.29 is 4.79 Å². The highest BCUT2D eigenvalue weighted by molar-refractivity contribution is 5.79. The highest BCUT2D eigenvalue weighted by atomic mass is 16.1. The van der Waals surface area contributed by atoms with Crippen molar-refractivity contribution in [3.63, 3.8) is 0 Å². The first-order valence-corrected chi connectivity index (χ1v) is 8.39. The van der Waals surface area contributed by atoms with Crippen LogP contribution in [0.3, 0.4) is 0 Å². The number of nitrogens with zero attached hydrogens (tertiary/aromatic N) is 2. The van der Waals surface area contributed by atoms with Crippen molar-refractivity contribution in [3.8, 4) is 33.9 Å². The number of nitrogens with one attached hydrogen (secondary N) is 1. The Bertz CT molecular complexity index is 1070. The maximum atomic E-state index is 11.0. The molecule has 0 atom stereocenters. The van der Waals surface area contributed by atoms with E-state index < -0.39 is 0 Å². The van der Waals surface area contributed by atoms with Crippen LogP contribution in [0, 0.1) is 6.92 Å². The number of carbonyl (C=O) groups excluding carboxylic acids is 1. The van der Waals surface area contributed by atoms with Gasteiger partial charge in [0.1, 0.15) is 6.29 Å². The van der Waals surface area contributed by atoms with Crippen molar-refractivity contribution in [1.29, 1.82) is 0 Å². The van der Waals surface area contributed by atoms with E-state index in [2.05, 4.69) is 40.3 Å². The zero-order valence-electron chi connectivity index (χ0n) is 14.3. The standard InChI is InChI=1S/C22H17N3O/c1-15-19(17-8-3-2-4-9-17)11-6-12-20(15)22-23-21(24-25-22)18-10-5-7-16(13-18)14-26/h2-14H,1H3,(H,23,24,25). The zero-order valence-corrected chi connectivity index (χ0v) is 14.3. The summed E-state index contributed by atoms with van der Waals surface area (Å²) in [5.74, 6) is 1.29. The van der Waals surface area contributed by atoms with Crippen LogP contribution < -0.4 is 0 Å². The third-order valence-electron chi connectivity index (χ3n) is 4.44. The second-order valence-electron chi connectivity index (χ2n) is 6.10. The number of benzene rings is 3. The van der Waals surface area contributed by atoms with Gasteiger partial charge in [0.2, 0.25) is 0 Å². The Morgan fingerprint density at radius 3 is 2.38 bits per heavy atom. The smallest absolute Gasteiger partial charge is 0.181 e. The fraction of sp³-hybridized carbons (Fsp3) is 0.0455. The number of aromatic amines is 1. The van der Waals surface area contributed by atoms with E-state index in [-0.39, 0.29) is 0 Å². The van der Waals surface area contributed by atoms with Crippen LogP contribution in [0.2, 0.25) is 0 Å². The highest BCUT2D eigenvalue weighted by Gasteiger charge is 2.13. The first-order valence-electron chi connectivity index (χ1n) is 8.39. The molecule has 0 aliphatic heterocycles. The number of aromatic nitrogens is 3. The van der Waals surface area contributed by atoms with Crippen LogP contribution >= 0.6 is 0 Å². The quantitative estimate of drug-likeness (QED) is 0.537. The molecule has 0 aliphatic rings. The molecule has 1 heterocycles. The number of rotatable bonds is 4. The number of carbonyl (C=O) groups is 1. The van der Waals surface area contributed by atoms with E-state index in [1.807, 2.05) is 42.5 Å². The predicted octanol–water partition coefficient (Wildman–Crippen LogP) is 4.93. The van der Waals surface area contributed by atoms with E-state index in [0.29, 0.717) is 17.2 Å². The average Bonchev–Trinajstić information content (AvgIpc) is 3.19. The second kappa shape index (κ2) is 6.76. The molecule has 0 radical (unpaired) electrons. The summed E-state index contributed by atoms with van der Waals surface area (Å²) in [7, 11) is 0. The van der Waals surface area contributed by atoms with E-state index in [1.165, 1.54) is 11.1 Å². The van der Waals surface area contributed by atoms with Crippen LogP contribution in [0.5, 0.6) is 0 Å². The monoisotopic (exact) mass is 339 g/mol. The lowest BCUT2D eigenvalue weighted by Gasteiger charge is -2.09. The maximum absolute atomic E-state index is 11.0. The minimum Gasteiger partial charge on any atom is -0.298 e. The van der Waals surface area contributed by atoms with E-state index in [1.54, 1.807) is 12.1 Å². The van der Waals surface area contributed by atoms with Crippen LogP contribution in [0.4, 0.5) is 0 Å². The molecule has 4 heteroatoms. The molecule has 3 aromatic carbocycles. The first-order chi connectivity index (χ1) is 12.8. The Morgan fingerprint density at radius 2 is 1.58 bits per heavy atom. The summed E-state index contributed by atoms with van der Waals surface area (Å²) in [6.07, 6.45) is 0.824. The maximum Gasteiger partial charge on any atom is 0.181 e. The SMILES string of the molecule is Cc1c(-c2ccccc2)cccc1-c1nc(-c2cccc(C=O)c2)n[nH]1. The molecule has 26 heavy (non-hydrogen) atoms. The van der Waals surface area contributed by atoms with E-state index >= 15 is 0 Å². The van der Waals surface area contributed by atoms with Gasteiger partial charge in [0, 0.05) is 16.7 Å².